The highest BCUT2D eigenvalue weighted by molar-refractivity contribution is 5.88. The highest BCUT2D eigenvalue weighted by Crippen LogP contribution is 2.25. The molecule has 3 rings (SSSR count). The predicted octanol–water partition coefficient (Wildman–Crippen LogP) is 1.93. The normalized spacial score (nSPS) is 22.4. The number of ether oxygens (including phenoxy) is 2. The molecule has 0 spiro atoms. The minimum atomic E-state index is -5.29. The molecule has 1 saturated heterocycles. The third-order valence-corrected chi connectivity index (χ3v) is 5.34. The summed E-state index contributed by atoms with van der Waals surface area (Å²) in [5, 5.41) is 14.6. The summed E-state index contributed by atoms with van der Waals surface area (Å²) in [6, 6.07) is 6.78. The number of esters is 1. The smallest absolute Gasteiger partial charge is 0.415 e. The Bertz CT molecular complexity index is 858. The molecule has 1 heterocycles. The molecule has 10 heteroatoms. The number of benzene rings is 1. The van der Waals surface area contributed by atoms with Crippen molar-refractivity contribution in [2.24, 2.45) is 0 Å². The van der Waals surface area contributed by atoms with Gasteiger partial charge in [-0.3, -0.25) is 4.79 Å². The molecule has 2 atom stereocenters. The first-order valence-electron chi connectivity index (χ1n) is 10.2. The molecule has 1 fully saturated rings. The molecule has 0 saturated carbocycles. The van der Waals surface area contributed by atoms with Gasteiger partial charge in [-0.05, 0) is 55.3 Å². The first kappa shape index (κ1) is 23.0. The molecule has 168 valence electrons. The van der Waals surface area contributed by atoms with Crippen LogP contribution in [0.15, 0.2) is 18.2 Å². The predicted molar refractivity (Wildman–Crippen MR) is 103 cm³/mol. The van der Waals surface area contributed by atoms with Gasteiger partial charge in [0.2, 0.25) is 0 Å². The molecule has 1 aromatic carbocycles. The summed E-state index contributed by atoms with van der Waals surface area (Å²) in [6.45, 7) is -0.180. The number of carbonyl (C=O) groups excluding carboxylic acids is 2. The molecule has 1 aliphatic carbocycles. The Morgan fingerprint density at radius 1 is 1.26 bits per heavy atom. The summed E-state index contributed by atoms with van der Waals surface area (Å²) >= 11 is 0. The summed E-state index contributed by atoms with van der Waals surface area (Å²) in [4.78, 5) is 24.3. The second-order valence-corrected chi connectivity index (χ2v) is 7.69. The number of nitrogens with zero attached hydrogens (tertiary/aromatic N) is 1. The number of aryl methyl sites for hydroxylation is 2. The topological polar surface area (TPSA) is 100 Å². The molecule has 1 unspecified atom stereocenters. The summed E-state index contributed by atoms with van der Waals surface area (Å²) in [5.74, 6) is -6.15. The van der Waals surface area contributed by atoms with E-state index in [4.69, 9.17) is 4.74 Å². The van der Waals surface area contributed by atoms with Gasteiger partial charge in [0.1, 0.15) is 6.04 Å². The fourth-order valence-corrected chi connectivity index (χ4v) is 3.75. The lowest BCUT2D eigenvalue weighted by Crippen LogP contribution is -2.59. The van der Waals surface area contributed by atoms with E-state index in [1.54, 1.807) is 0 Å². The van der Waals surface area contributed by atoms with Crippen LogP contribution in [0.25, 0.3) is 0 Å². The van der Waals surface area contributed by atoms with E-state index in [0.717, 1.165) is 31.2 Å². The Labute approximate surface area is 177 Å². The number of halogens is 3. The maximum absolute atomic E-state index is 12.9. The van der Waals surface area contributed by atoms with Crippen molar-refractivity contribution >= 4 is 11.9 Å². The molecule has 0 bridgehead atoms. The number of amides is 1. The highest BCUT2D eigenvalue weighted by atomic mass is 19.4. The van der Waals surface area contributed by atoms with Crippen LogP contribution in [0.4, 0.5) is 13.2 Å². The van der Waals surface area contributed by atoms with Crippen LogP contribution in [-0.4, -0.2) is 49.6 Å². The number of nitrogens with one attached hydrogen (secondary N) is 2. The van der Waals surface area contributed by atoms with Crippen molar-refractivity contribution in [3.05, 3.63) is 34.9 Å². The van der Waals surface area contributed by atoms with Crippen molar-refractivity contribution in [1.29, 1.82) is 5.26 Å². The van der Waals surface area contributed by atoms with E-state index in [0.29, 0.717) is 13.0 Å². The van der Waals surface area contributed by atoms with Crippen LogP contribution in [0.3, 0.4) is 0 Å². The monoisotopic (exact) mass is 439 g/mol. The van der Waals surface area contributed by atoms with E-state index >= 15 is 0 Å². The van der Waals surface area contributed by atoms with Crippen molar-refractivity contribution < 1.29 is 32.2 Å². The van der Waals surface area contributed by atoms with E-state index < -0.39 is 36.4 Å². The van der Waals surface area contributed by atoms with Crippen LogP contribution in [0.2, 0.25) is 0 Å². The number of nitriles is 1. The van der Waals surface area contributed by atoms with Crippen LogP contribution in [0, 0.1) is 11.3 Å². The van der Waals surface area contributed by atoms with Crippen molar-refractivity contribution in [3.63, 3.8) is 0 Å². The lowest BCUT2D eigenvalue weighted by Gasteiger charge is -2.31. The third kappa shape index (κ3) is 5.74. The molecule has 7 nitrogen and oxygen atoms in total. The maximum atomic E-state index is 12.9. The Balaban J connectivity index is 1.74. The zero-order valence-corrected chi connectivity index (χ0v) is 16.9. The van der Waals surface area contributed by atoms with Crippen LogP contribution >= 0.6 is 0 Å². The van der Waals surface area contributed by atoms with Gasteiger partial charge in [0.05, 0.1) is 19.2 Å². The van der Waals surface area contributed by atoms with Crippen molar-refractivity contribution in [2.75, 3.05) is 19.7 Å². The summed E-state index contributed by atoms with van der Waals surface area (Å²) < 4.78 is 48.0. The van der Waals surface area contributed by atoms with Crippen LogP contribution in [0.5, 0.6) is 0 Å². The molecule has 0 radical (unpaired) electrons. The first-order valence-corrected chi connectivity index (χ1v) is 10.2. The van der Waals surface area contributed by atoms with E-state index in [2.05, 4.69) is 15.4 Å². The standard InChI is InChI=1S/C21H24F3N3O4/c22-21(23,24)19(29)31-20(13-26-8-3-9-30-20)18(28)27-17(12-25)11-14-6-7-15-4-1-2-5-16(15)10-14/h6-7,10,17,26H,1-5,8-9,11,13H2,(H,27,28)/t17?,20-/m0/s1. The second-order valence-electron chi connectivity index (χ2n) is 7.69. The second kappa shape index (κ2) is 9.66. The number of alkyl halides is 3. The quantitative estimate of drug-likeness (QED) is 0.680. The van der Waals surface area contributed by atoms with Crippen molar-refractivity contribution in [2.45, 2.75) is 56.5 Å². The zero-order valence-electron chi connectivity index (χ0n) is 16.9. The van der Waals surface area contributed by atoms with Gasteiger partial charge in [-0.15, -0.1) is 0 Å². The van der Waals surface area contributed by atoms with Gasteiger partial charge >= 0.3 is 17.9 Å². The molecule has 1 amide bonds. The van der Waals surface area contributed by atoms with E-state index in [1.807, 2.05) is 24.3 Å². The number of fused-ring (bicyclic) bond motifs is 1. The molecule has 2 aliphatic rings. The Hall–Kier alpha value is -2.64. The number of rotatable bonds is 5. The van der Waals surface area contributed by atoms with Crippen molar-refractivity contribution in [1.82, 2.24) is 10.6 Å². The summed E-state index contributed by atoms with van der Waals surface area (Å²) in [7, 11) is 0. The average Bonchev–Trinajstić information content (AvgIpc) is 2.99. The Morgan fingerprint density at radius 2 is 2.00 bits per heavy atom. The van der Waals surface area contributed by atoms with Gasteiger partial charge in [0.15, 0.2) is 0 Å². The van der Waals surface area contributed by atoms with Crippen LogP contribution in [0.1, 0.15) is 36.0 Å². The molecule has 1 aromatic rings. The molecular formula is C21H24F3N3O4. The summed E-state index contributed by atoms with van der Waals surface area (Å²) in [5.41, 5.74) is 3.30. The number of carbonyl (C=O) groups is 2. The molecule has 31 heavy (non-hydrogen) atoms. The fourth-order valence-electron chi connectivity index (χ4n) is 3.75. The highest BCUT2D eigenvalue weighted by Gasteiger charge is 2.52. The lowest BCUT2D eigenvalue weighted by atomic mass is 9.89. The maximum Gasteiger partial charge on any atom is 0.491 e. The largest absolute Gasteiger partial charge is 0.491 e. The first-order chi connectivity index (χ1) is 14.7. The minimum absolute atomic E-state index is 0.0897. The fraction of sp³-hybridized carbons (Fsp3) is 0.571. The van der Waals surface area contributed by atoms with Gasteiger partial charge in [-0.25, -0.2) is 4.79 Å². The average molecular weight is 439 g/mol. The Morgan fingerprint density at radius 3 is 2.71 bits per heavy atom. The lowest BCUT2D eigenvalue weighted by molar-refractivity contribution is -0.252. The molecule has 0 aromatic heterocycles. The molecule has 2 N–H and O–H groups in total. The van der Waals surface area contributed by atoms with E-state index in [9.17, 15) is 28.0 Å². The van der Waals surface area contributed by atoms with Gasteiger partial charge in [-0.1, -0.05) is 18.2 Å². The van der Waals surface area contributed by atoms with Crippen molar-refractivity contribution in [3.8, 4) is 6.07 Å². The zero-order chi connectivity index (χ0) is 22.5. The Kier molecular flexibility index (Phi) is 7.18. The SMILES string of the molecule is N#CC(Cc1ccc2c(c1)CCCC2)NC(=O)[C@@]1(OC(=O)C(F)(F)F)CNCCCO1. The molecular weight excluding hydrogens is 415 g/mol. The summed E-state index contributed by atoms with van der Waals surface area (Å²) in [6.07, 6.45) is -0.543. The van der Waals surface area contributed by atoms with Gasteiger partial charge in [-0.2, -0.15) is 18.4 Å². The third-order valence-electron chi connectivity index (χ3n) is 5.34. The van der Waals surface area contributed by atoms with Crippen LogP contribution in [-0.2, 0) is 38.3 Å². The number of hydrogen-bond donors (Lipinski definition) is 2. The minimum Gasteiger partial charge on any atom is -0.415 e. The van der Waals surface area contributed by atoms with Crippen LogP contribution < -0.4 is 10.6 Å². The number of hydrogen-bond acceptors (Lipinski definition) is 6. The van der Waals surface area contributed by atoms with Gasteiger partial charge in [0.25, 0.3) is 5.91 Å². The molecule has 1 aliphatic heterocycles. The van der Waals surface area contributed by atoms with Gasteiger partial charge in [0, 0.05) is 6.42 Å². The van der Waals surface area contributed by atoms with E-state index in [1.165, 1.54) is 11.1 Å². The van der Waals surface area contributed by atoms with Gasteiger partial charge < -0.3 is 20.1 Å². The van der Waals surface area contributed by atoms with E-state index in [-0.39, 0.29) is 13.0 Å².